The molecule has 2 rings (SSSR count). The van der Waals surface area contributed by atoms with E-state index in [0.29, 0.717) is 5.69 Å². The summed E-state index contributed by atoms with van der Waals surface area (Å²) in [6, 6.07) is 6.23. The summed E-state index contributed by atoms with van der Waals surface area (Å²) >= 11 is 0. The van der Waals surface area contributed by atoms with Crippen LogP contribution in [0.15, 0.2) is 41.5 Å². The monoisotopic (exact) mass is 287 g/mol. The molecule has 1 aromatic heterocycles. The predicted octanol–water partition coefficient (Wildman–Crippen LogP) is 2.44. The molecule has 0 unspecified atom stereocenters. The van der Waals surface area contributed by atoms with Crippen LogP contribution in [-0.4, -0.2) is 20.6 Å². The molecule has 2 aromatic rings. The molecule has 0 aliphatic rings. The third-order valence-corrected chi connectivity index (χ3v) is 2.94. The summed E-state index contributed by atoms with van der Waals surface area (Å²) in [5.74, 6) is -0.860. The van der Waals surface area contributed by atoms with E-state index in [1.807, 2.05) is 20.8 Å². The molecular formula is C15H17N3O3. The van der Waals surface area contributed by atoms with Gasteiger partial charge in [-0.15, -0.1) is 0 Å². The van der Waals surface area contributed by atoms with Gasteiger partial charge in [-0.05, 0) is 39.0 Å². The van der Waals surface area contributed by atoms with Crippen molar-refractivity contribution in [2.45, 2.75) is 26.3 Å². The highest BCUT2D eigenvalue weighted by molar-refractivity contribution is 5.89. The first kappa shape index (κ1) is 14.8. The molecule has 0 fully saturated rings. The fourth-order valence-corrected chi connectivity index (χ4v) is 1.89. The number of carboxylic acid groups (broad SMARTS) is 1. The third-order valence-electron chi connectivity index (χ3n) is 2.94. The van der Waals surface area contributed by atoms with Gasteiger partial charge in [0.05, 0.1) is 5.56 Å². The second-order valence-electron chi connectivity index (χ2n) is 5.63. The lowest BCUT2D eigenvalue weighted by atomic mass is 10.1. The van der Waals surface area contributed by atoms with Crippen molar-refractivity contribution in [3.05, 3.63) is 52.6 Å². The van der Waals surface area contributed by atoms with Gasteiger partial charge in [-0.3, -0.25) is 4.79 Å². The van der Waals surface area contributed by atoms with Gasteiger partial charge in [0.1, 0.15) is 0 Å². The van der Waals surface area contributed by atoms with E-state index >= 15 is 0 Å². The van der Waals surface area contributed by atoms with Crippen LogP contribution in [-0.2, 0) is 5.54 Å². The molecule has 0 amide bonds. The molecule has 0 radical (unpaired) electrons. The number of hydrogen-bond donors (Lipinski definition) is 2. The van der Waals surface area contributed by atoms with Crippen molar-refractivity contribution < 1.29 is 9.90 Å². The number of anilines is 2. The Balaban J connectivity index is 2.39. The quantitative estimate of drug-likeness (QED) is 0.905. The van der Waals surface area contributed by atoms with E-state index < -0.39 is 5.97 Å². The van der Waals surface area contributed by atoms with Crippen LogP contribution in [0.1, 0.15) is 31.1 Å². The van der Waals surface area contributed by atoms with Gasteiger partial charge in [-0.25, -0.2) is 9.78 Å². The number of rotatable bonds is 3. The predicted molar refractivity (Wildman–Crippen MR) is 80.2 cm³/mol. The molecule has 2 N–H and O–H groups in total. The lowest BCUT2D eigenvalue weighted by Gasteiger charge is -2.22. The molecular weight excluding hydrogens is 270 g/mol. The average molecular weight is 287 g/mol. The molecule has 0 spiro atoms. The lowest BCUT2D eigenvalue weighted by Crippen LogP contribution is -2.34. The summed E-state index contributed by atoms with van der Waals surface area (Å²) in [6.45, 7) is 5.76. The summed E-state index contributed by atoms with van der Waals surface area (Å²) in [6.07, 6.45) is 3.16. The van der Waals surface area contributed by atoms with Gasteiger partial charge in [0, 0.05) is 23.6 Å². The summed E-state index contributed by atoms with van der Waals surface area (Å²) in [7, 11) is 0. The topological polar surface area (TPSA) is 84.2 Å². The molecule has 0 aliphatic heterocycles. The van der Waals surface area contributed by atoms with Crippen molar-refractivity contribution in [1.82, 2.24) is 9.55 Å². The Morgan fingerprint density at radius 3 is 2.67 bits per heavy atom. The zero-order valence-electron chi connectivity index (χ0n) is 12.1. The second kappa shape index (κ2) is 5.40. The lowest BCUT2D eigenvalue weighted by molar-refractivity contribution is 0.0697. The summed E-state index contributed by atoms with van der Waals surface area (Å²) in [4.78, 5) is 27.3. The van der Waals surface area contributed by atoms with E-state index in [-0.39, 0.29) is 22.5 Å². The van der Waals surface area contributed by atoms with Crippen LogP contribution < -0.4 is 10.9 Å². The number of nitrogens with one attached hydrogen (secondary N) is 1. The van der Waals surface area contributed by atoms with Gasteiger partial charge in [0.2, 0.25) is 0 Å². The standard InChI is InChI=1S/C15H17N3O3/c1-15(2,3)18-8-7-16-12(13(18)19)17-11-6-4-5-10(9-11)14(20)21/h4-9H,1-3H3,(H,16,17)(H,20,21). The number of aromatic carboxylic acids is 1. The van der Waals surface area contributed by atoms with Crippen LogP contribution in [0, 0.1) is 0 Å². The molecule has 0 aliphatic carbocycles. The van der Waals surface area contributed by atoms with Crippen molar-refractivity contribution >= 4 is 17.5 Å². The maximum absolute atomic E-state index is 12.4. The van der Waals surface area contributed by atoms with Crippen LogP contribution in [0.2, 0.25) is 0 Å². The third kappa shape index (κ3) is 3.28. The maximum atomic E-state index is 12.4. The van der Waals surface area contributed by atoms with Gasteiger partial charge >= 0.3 is 5.97 Å². The minimum Gasteiger partial charge on any atom is -0.478 e. The summed E-state index contributed by atoms with van der Waals surface area (Å²) in [5, 5.41) is 11.8. The Morgan fingerprint density at radius 1 is 1.33 bits per heavy atom. The molecule has 0 atom stereocenters. The van der Waals surface area contributed by atoms with E-state index in [4.69, 9.17) is 5.11 Å². The minimum atomic E-state index is -1.02. The SMILES string of the molecule is CC(C)(C)n1ccnc(Nc2cccc(C(=O)O)c2)c1=O. The highest BCUT2D eigenvalue weighted by atomic mass is 16.4. The summed E-state index contributed by atoms with van der Waals surface area (Å²) in [5.41, 5.74) is 0.0308. The molecule has 0 saturated carbocycles. The number of nitrogens with zero attached hydrogens (tertiary/aromatic N) is 2. The zero-order valence-corrected chi connectivity index (χ0v) is 12.1. The number of hydrogen-bond acceptors (Lipinski definition) is 4. The van der Waals surface area contributed by atoms with Crippen molar-refractivity contribution in [1.29, 1.82) is 0 Å². The van der Waals surface area contributed by atoms with Crippen LogP contribution >= 0.6 is 0 Å². The molecule has 21 heavy (non-hydrogen) atoms. The van der Waals surface area contributed by atoms with E-state index in [9.17, 15) is 9.59 Å². The molecule has 110 valence electrons. The average Bonchev–Trinajstić information content (AvgIpc) is 2.40. The van der Waals surface area contributed by atoms with Gasteiger partial charge in [0.15, 0.2) is 5.82 Å². The van der Waals surface area contributed by atoms with E-state index in [1.54, 1.807) is 22.9 Å². The second-order valence-corrected chi connectivity index (χ2v) is 5.63. The molecule has 0 saturated heterocycles. The van der Waals surface area contributed by atoms with Gasteiger partial charge in [-0.1, -0.05) is 6.07 Å². The fourth-order valence-electron chi connectivity index (χ4n) is 1.89. The Bertz CT molecular complexity index is 729. The first-order valence-electron chi connectivity index (χ1n) is 6.47. The van der Waals surface area contributed by atoms with Gasteiger partial charge in [-0.2, -0.15) is 0 Å². The van der Waals surface area contributed by atoms with Crippen molar-refractivity contribution in [3.8, 4) is 0 Å². The van der Waals surface area contributed by atoms with E-state index in [1.165, 1.54) is 18.3 Å². The highest BCUT2D eigenvalue weighted by Crippen LogP contribution is 2.15. The Hall–Kier alpha value is -2.63. The molecule has 1 aromatic carbocycles. The maximum Gasteiger partial charge on any atom is 0.335 e. The van der Waals surface area contributed by atoms with Crippen LogP contribution in [0.3, 0.4) is 0 Å². The largest absolute Gasteiger partial charge is 0.478 e. The van der Waals surface area contributed by atoms with Crippen molar-refractivity contribution in [3.63, 3.8) is 0 Å². The van der Waals surface area contributed by atoms with Crippen LogP contribution in [0.4, 0.5) is 11.5 Å². The number of aromatic nitrogens is 2. The first-order chi connectivity index (χ1) is 9.79. The number of carbonyl (C=O) groups is 1. The Kier molecular flexibility index (Phi) is 3.80. The number of carboxylic acids is 1. The molecule has 6 nitrogen and oxygen atoms in total. The van der Waals surface area contributed by atoms with Crippen LogP contribution in [0.5, 0.6) is 0 Å². The fraction of sp³-hybridized carbons (Fsp3) is 0.267. The smallest absolute Gasteiger partial charge is 0.335 e. The van der Waals surface area contributed by atoms with Gasteiger partial charge in [0.25, 0.3) is 5.56 Å². The van der Waals surface area contributed by atoms with Crippen LogP contribution in [0.25, 0.3) is 0 Å². The molecule has 6 heteroatoms. The van der Waals surface area contributed by atoms with E-state index in [2.05, 4.69) is 10.3 Å². The van der Waals surface area contributed by atoms with E-state index in [0.717, 1.165) is 0 Å². The molecule has 0 bridgehead atoms. The van der Waals surface area contributed by atoms with Gasteiger partial charge < -0.3 is 15.0 Å². The Labute approximate surface area is 122 Å². The zero-order chi connectivity index (χ0) is 15.6. The van der Waals surface area contributed by atoms with Crippen molar-refractivity contribution in [2.75, 3.05) is 5.32 Å². The summed E-state index contributed by atoms with van der Waals surface area (Å²) < 4.78 is 1.57. The van der Waals surface area contributed by atoms with Crippen molar-refractivity contribution in [2.24, 2.45) is 0 Å². The molecule has 1 heterocycles. The minimum absolute atomic E-state index is 0.145. The first-order valence-corrected chi connectivity index (χ1v) is 6.47. The number of benzene rings is 1. The highest BCUT2D eigenvalue weighted by Gasteiger charge is 2.16. The normalized spacial score (nSPS) is 11.2. The Morgan fingerprint density at radius 2 is 2.05 bits per heavy atom.